The molecule has 98 valence electrons. The van der Waals surface area contributed by atoms with Gasteiger partial charge in [0.1, 0.15) is 0 Å². The van der Waals surface area contributed by atoms with Gasteiger partial charge in [-0.1, -0.05) is 27.7 Å². The summed E-state index contributed by atoms with van der Waals surface area (Å²) in [5.74, 6) is 0.671. The molecule has 0 radical (unpaired) electrons. The van der Waals surface area contributed by atoms with E-state index in [0.29, 0.717) is 17.4 Å². The van der Waals surface area contributed by atoms with Crippen molar-refractivity contribution in [3.63, 3.8) is 0 Å². The smallest absolute Gasteiger partial charge is 0.0537 e. The highest BCUT2D eigenvalue weighted by atomic mass is 15.3. The molecule has 1 aromatic rings. The van der Waals surface area contributed by atoms with Crippen molar-refractivity contribution >= 4 is 0 Å². The molecule has 0 aliphatic heterocycles. The van der Waals surface area contributed by atoms with Crippen LogP contribution >= 0.6 is 0 Å². The Balaban J connectivity index is 2.72. The maximum atomic E-state index is 4.35. The van der Waals surface area contributed by atoms with Crippen LogP contribution in [0.2, 0.25) is 0 Å². The Kier molecular flexibility index (Phi) is 4.75. The van der Waals surface area contributed by atoms with Crippen molar-refractivity contribution in [3.05, 3.63) is 18.0 Å². The predicted octanol–water partition coefficient (Wildman–Crippen LogP) is 3.24. The molecule has 3 heteroatoms. The molecule has 1 rings (SSSR count). The number of hydrogen-bond donors (Lipinski definition) is 1. The number of nitrogens with one attached hydrogen (secondary N) is 1. The van der Waals surface area contributed by atoms with Crippen LogP contribution in [0.4, 0.5) is 0 Å². The first kappa shape index (κ1) is 14.2. The van der Waals surface area contributed by atoms with Gasteiger partial charge in [0, 0.05) is 24.3 Å². The van der Waals surface area contributed by atoms with Gasteiger partial charge in [0.25, 0.3) is 0 Å². The van der Waals surface area contributed by atoms with Gasteiger partial charge >= 0.3 is 0 Å². The van der Waals surface area contributed by atoms with Gasteiger partial charge in [-0.05, 0) is 31.7 Å². The molecule has 0 amide bonds. The lowest BCUT2D eigenvalue weighted by Gasteiger charge is -2.30. The van der Waals surface area contributed by atoms with E-state index in [1.165, 1.54) is 5.56 Å². The lowest BCUT2D eigenvalue weighted by molar-refractivity contribution is 0.226. The first-order chi connectivity index (χ1) is 7.88. The van der Waals surface area contributed by atoms with Crippen LogP contribution in [0.25, 0.3) is 0 Å². The van der Waals surface area contributed by atoms with Crippen molar-refractivity contribution < 1.29 is 0 Å². The second-order valence-corrected chi connectivity index (χ2v) is 5.97. The molecule has 1 aromatic heterocycles. The molecular formula is C14H27N3. The summed E-state index contributed by atoms with van der Waals surface area (Å²) in [7, 11) is 2.03. The molecule has 0 aliphatic rings. The molecule has 17 heavy (non-hydrogen) atoms. The third-order valence-corrected chi connectivity index (χ3v) is 3.80. The number of aromatic nitrogens is 2. The number of nitrogens with zero attached hydrogens (tertiary/aromatic N) is 2. The van der Waals surface area contributed by atoms with Gasteiger partial charge in [0.05, 0.1) is 6.20 Å². The number of aryl methyl sites for hydroxylation is 1. The van der Waals surface area contributed by atoms with Crippen LogP contribution in [-0.2, 0) is 6.54 Å². The average molecular weight is 237 g/mol. The zero-order chi connectivity index (χ0) is 13.1. The fraction of sp³-hybridized carbons (Fsp3) is 0.786. The lowest BCUT2D eigenvalue weighted by atomic mass is 9.78. The van der Waals surface area contributed by atoms with Gasteiger partial charge in [-0.15, -0.1) is 0 Å². The second-order valence-electron chi connectivity index (χ2n) is 5.97. The summed E-state index contributed by atoms with van der Waals surface area (Å²) in [4.78, 5) is 0. The van der Waals surface area contributed by atoms with Crippen LogP contribution in [0.15, 0.2) is 12.4 Å². The summed E-state index contributed by atoms with van der Waals surface area (Å²) < 4.78 is 1.99. The Labute approximate surface area is 106 Å². The maximum absolute atomic E-state index is 4.35. The summed E-state index contributed by atoms with van der Waals surface area (Å²) in [6, 6.07) is 0.407. The van der Waals surface area contributed by atoms with Crippen LogP contribution in [0.3, 0.4) is 0 Å². The molecule has 0 fully saturated rings. The van der Waals surface area contributed by atoms with E-state index in [1.807, 2.05) is 17.9 Å². The summed E-state index contributed by atoms with van der Waals surface area (Å²) in [5, 5.41) is 7.76. The number of rotatable bonds is 5. The topological polar surface area (TPSA) is 29.9 Å². The minimum Gasteiger partial charge on any atom is -0.313 e. The molecule has 2 atom stereocenters. The van der Waals surface area contributed by atoms with Crippen LogP contribution < -0.4 is 5.32 Å². The monoisotopic (exact) mass is 237 g/mol. The third-order valence-electron chi connectivity index (χ3n) is 3.80. The predicted molar refractivity (Wildman–Crippen MR) is 72.9 cm³/mol. The van der Waals surface area contributed by atoms with Gasteiger partial charge in [0.15, 0.2) is 0 Å². The van der Waals surface area contributed by atoms with Crippen LogP contribution in [0, 0.1) is 11.3 Å². The van der Waals surface area contributed by atoms with Crippen molar-refractivity contribution in [2.75, 3.05) is 7.05 Å². The number of hydrogen-bond acceptors (Lipinski definition) is 2. The molecule has 0 saturated carbocycles. The highest BCUT2D eigenvalue weighted by molar-refractivity contribution is 5.10. The summed E-state index contributed by atoms with van der Waals surface area (Å²) in [5.41, 5.74) is 1.65. The van der Waals surface area contributed by atoms with Crippen molar-refractivity contribution in [3.8, 4) is 0 Å². The quantitative estimate of drug-likeness (QED) is 0.852. The molecule has 0 spiro atoms. The molecule has 0 bridgehead atoms. The molecule has 1 N–H and O–H groups in total. The minimum atomic E-state index is 0.357. The van der Waals surface area contributed by atoms with E-state index < -0.39 is 0 Å². The van der Waals surface area contributed by atoms with Gasteiger partial charge in [-0.3, -0.25) is 4.68 Å². The van der Waals surface area contributed by atoms with Gasteiger partial charge in [0.2, 0.25) is 0 Å². The van der Waals surface area contributed by atoms with E-state index in [4.69, 9.17) is 0 Å². The van der Waals surface area contributed by atoms with E-state index in [9.17, 15) is 0 Å². The Morgan fingerprint density at radius 3 is 2.47 bits per heavy atom. The third kappa shape index (κ3) is 3.84. The molecular weight excluding hydrogens is 210 g/mol. The van der Waals surface area contributed by atoms with Crippen LogP contribution in [0.1, 0.15) is 52.6 Å². The highest BCUT2D eigenvalue weighted by Gasteiger charge is 2.24. The normalized spacial score (nSPS) is 15.9. The van der Waals surface area contributed by atoms with Crippen LogP contribution in [0.5, 0.6) is 0 Å². The minimum absolute atomic E-state index is 0.357. The fourth-order valence-corrected chi connectivity index (χ4v) is 1.86. The maximum Gasteiger partial charge on any atom is 0.0537 e. The van der Waals surface area contributed by atoms with Gasteiger partial charge < -0.3 is 5.32 Å². The van der Waals surface area contributed by atoms with Crippen molar-refractivity contribution in [2.24, 2.45) is 11.3 Å². The summed E-state index contributed by atoms with van der Waals surface area (Å²) >= 11 is 0. The van der Waals surface area contributed by atoms with Crippen molar-refractivity contribution in [1.82, 2.24) is 15.1 Å². The SMILES string of the molecule is CCn1cc(C(CC(C)C(C)(C)C)NC)cn1. The average Bonchev–Trinajstić information content (AvgIpc) is 2.72. The Morgan fingerprint density at radius 1 is 1.41 bits per heavy atom. The first-order valence-corrected chi connectivity index (χ1v) is 6.58. The zero-order valence-electron chi connectivity index (χ0n) is 12.1. The van der Waals surface area contributed by atoms with E-state index in [1.54, 1.807) is 0 Å². The largest absolute Gasteiger partial charge is 0.313 e. The Morgan fingerprint density at radius 2 is 2.06 bits per heavy atom. The highest BCUT2D eigenvalue weighted by Crippen LogP contribution is 2.32. The summed E-state index contributed by atoms with van der Waals surface area (Å²) in [6.07, 6.45) is 5.28. The second kappa shape index (κ2) is 5.67. The molecule has 0 saturated heterocycles. The zero-order valence-corrected chi connectivity index (χ0v) is 12.1. The van der Waals surface area contributed by atoms with Crippen molar-refractivity contribution in [2.45, 2.75) is 53.6 Å². The molecule has 2 unspecified atom stereocenters. The van der Waals surface area contributed by atoms with E-state index >= 15 is 0 Å². The molecule has 1 heterocycles. The Hall–Kier alpha value is -0.830. The lowest BCUT2D eigenvalue weighted by Crippen LogP contribution is -2.25. The van der Waals surface area contributed by atoms with E-state index in [-0.39, 0.29) is 0 Å². The van der Waals surface area contributed by atoms with Crippen molar-refractivity contribution in [1.29, 1.82) is 0 Å². The van der Waals surface area contributed by atoms with E-state index in [2.05, 4.69) is 51.2 Å². The molecule has 0 aliphatic carbocycles. The Bertz CT molecular complexity index is 335. The molecule has 3 nitrogen and oxygen atoms in total. The fourth-order valence-electron chi connectivity index (χ4n) is 1.86. The van der Waals surface area contributed by atoms with Crippen LogP contribution in [-0.4, -0.2) is 16.8 Å². The van der Waals surface area contributed by atoms with E-state index in [0.717, 1.165) is 13.0 Å². The standard InChI is InChI=1S/C14H27N3/c1-7-17-10-12(9-16-17)13(15-6)8-11(2)14(3,4)5/h9-11,13,15H,7-8H2,1-6H3. The first-order valence-electron chi connectivity index (χ1n) is 6.58. The summed E-state index contributed by atoms with van der Waals surface area (Å²) in [6.45, 7) is 12.3. The van der Waals surface area contributed by atoms with Gasteiger partial charge in [-0.2, -0.15) is 5.10 Å². The molecule has 0 aromatic carbocycles. The van der Waals surface area contributed by atoms with Gasteiger partial charge in [-0.25, -0.2) is 0 Å².